The van der Waals surface area contributed by atoms with E-state index in [1.54, 1.807) is 0 Å². The Kier molecular flexibility index (Phi) is 3.01. The molecule has 0 nitrogen and oxygen atoms in total. The Bertz CT molecular complexity index is 486. The topological polar surface area (TPSA) is 0 Å². The Morgan fingerprint density at radius 3 is 2.60 bits per heavy atom. The molecule has 0 radical (unpaired) electrons. The maximum Gasteiger partial charge on any atom is 0.0182 e. The molecule has 0 aromatic heterocycles. The predicted molar refractivity (Wildman–Crippen MR) is 70.6 cm³/mol. The molecule has 0 heterocycles. The minimum absolute atomic E-state index is 1.10. The van der Waals surface area contributed by atoms with Crippen LogP contribution < -0.4 is 0 Å². The van der Waals surface area contributed by atoms with E-state index >= 15 is 0 Å². The number of aryl methyl sites for hydroxylation is 2. The van der Waals surface area contributed by atoms with Crippen molar-refractivity contribution in [2.45, 2.75) is 19.6 Å². The molecule has 0 atom stereocenters. The molecule has 0 fully saturated rings. The Morgan fingerprint density at radius 2 is 1.87 bits per heavy atom. The van der Waals surface area contributed by atoms with Gasteiger partial charge in [-0.3, -0.25) is 0 Å². The van der Waals surface area contributed by atoms with E-state index in [0.717, 1.165) is 5.75 Å². The summed E-state index contributed by atoms with van der Waals surface area (Å²) >= 11 is 1.87. The number of hydrogen-bond acceptors (Lipinski definition) is 1. The fourth-order valence-corrected chi connectivity index (χ4v) is 2.57. The molecule has 0 saturated carbocycles. The largest absolute Gasteiger partial charge is 0.161 e. The molecule has 0 bridgehead atoms. The van der Waals surface area contributed by atoms with Crippen LogP contribution in [0.5, 0.6) is 0 Å². The van der Waals surface area contributed by atoms with Gasteiger partial charge in [0.1, 0.15) is 0 Å². The lowest BCUT2D eigenvalue weighted by Crippen LogP contribution is -1.85. The smallest absolute Gasteiger partial charge is 0.0182 e. The van der Waals surface area contributed by atoms with Crippen molar-refractivity contribution in [3.05, 3.63) is 47.0 Å². The molecule has 0 saturated heterocycles. The Balaban J connectivity index is 2.60. The molecule has 0 amide bonds. The average Bonchev–Trinajstić information content (AvgIpc) is 2.17. The summed E-state index contributed by atoms with van der Waals surface area (Å²) < 4.78 is 0. The van der Waals surface area contributed by atoms with Crippen molar-refractivity contribution in [2.75, 3.05) is 6.26 Å². The molecule has 78 valence electrons. The zero-order chi connectivity index (χ0) is 10.8. The Morgan fingerprint density at radius 1 is 1.07 bits per heavy atom. The van der Waals surface area contributed by atoms with Crippen LogP contribution in [0, 0.1) is 13.8 Å². The molecule has 2 aromatic carbocycles. The zero-order valence-corrected chi connectivity index (χ0v) is 10.3. The molecule has 0 aliphatic rings. The highest BCUT2D eigenvalue weighted by Crippen LogP contribution is 2.23. The fourth-order valence-electron chi connectivity index (χ4n) is 2.05. The van der Waals surface area contributed by atoms with Gasteiger partial charge in [0, 0.05) is 5.75 Å². The summed E-state index contributed by atoms with van der Waals surface area (Å²) in [5.41, 5.74) is 4.14. The van der Waals surface area contributed by atoms with Gasteiger partial charge in [-0.2, -0.15) is 11.8 Å². The molecule has 0 aliphatic carbocycles. The van der Waals surface area contributed by atoms with Crippen LogP contribution in [-0.2, 0) is 5.75 Å². The lowest BCUT2D eigenvalue weighted by atomic mass is 10.0. The van der Waals surface area contributed by atoms with Crippen LogP contribution in [0.1, 0.15) is 16.7 Å². The van der Waals surface area contributed by atoms with Gasteiger partial charge in [-0.15, -0.1) is 0 Å². The van der Waals surface area contributed by atoms with Crippen molar-refractivity contribution in [3.8, 4) is 0 Å². The van der Waals surface area contributed by atoms with Gasteiger partial charge in [-0.25, -0.2) is 0 Å². The van der Waals surface area contributed by atoms with Gasteiger partial charge in [0.05, 0.1) is 0 Å². The second kappa shape index (κ2) is 4.28. The first kappa shape index (κ1) is 10.6. The number of hydrogen-bond donors (Lipinski definition) is 0. The Hall–Kier alpha value is -0.950. The van der Waals surface area contributed by atoms with Crippen LogP contribution in [0.4, 0.5) is 0 Å². The summed E-state index contributed by atoms with van der Waals surface area (Å²) in [6, 6.07) is 11.3. The van der Waals surface area contributed by atoms with E-state index in [1.165, 1.54) is 27.5 Å². The molecular weight excluding hydrogens is 200 g/mol. The molecule has 0 unspecified atom stereocenters. The predicted octanol–water partition coefficient (Wildman–Crippen LogP) is 4.32. The highest BCUT2D eigenvalue weighted by Gasteiger charge is 2.00. The van der Waals surface area contributed by atoms with Crippen molar-refractivity contribution < 1.29 is 0 Å². The number of rotatable bonds is 2. The van der Waals surface area contributed by atoms with E-state index in [0.29, 0.717) is 0 Å². The molecule has 0 N–H and O–H groups in total. The first-order valence-electron chi connectivity index (χ1n) is 5.19. The maximum atomic E-state index is 2.31. The fraction of sp³-hybridized carbons (Fsp3) is 0.286. The average molecular weight is 216 g/mol. The monoisotopic (exact) mass is 216 g/mol. The maximum absolute atomic E-state index is 2.31. The highest BCUT2D eigenvalue weighted by molar-refractivity contribution is 7.97. The molecule has 0 spiro atoms. The minimum Gasteiger partial charge on any atom is -0.161 e. The molecule has 2 rings (SSSR count). The van der Waals surface area contributed by atoms with E-state index in [4.69, 9.17) is 0 Å². The van der Waals surface area contributed by atoms with E-state index in [-0.39, 0.29) is 0 Å². The van der Waals surface area contributed by atoms with Crippen LogP contribution in [0.2, 0.25) is 0 Å². The highest BCUT2D eigenvalue weighted by atomic mass is 32.2. The van der Waals surface area contributed by atoms with Gasteiger partial charge in [-0.1, -0.05) is 35.9 Å². The van der Waals surface area contributed by atoms with E-state index in [1.807, 2.05) is 11.8 Å². The molecule has 2 aromatic rings. The van der Waals surface area contributed by atoms with Crippen molar-refractivity contribution in [3.63, 3.8) is 0 Å². The second-order valence-electron chi connectivity index (χ2n) is 4.07. The number of thioether (sulfide) groups is 1. The first-order valence-corrected chi connectivity index (χ1v) is 6.59. The third-order valence-corrected chi connectivity index (χ3v) is 3.30. The Labute approximate surface area is 95.7 Å². The minimum atomic E-state index is 1.10. The lowest BCUT2D eigenvalue weighted by molar-refractivity contribution is 1.40. The summed E-state index contributed by atoms with van der Waals surface area (Å²) in [7, 11) is 0. The summed E-state index contributed by atoms with van der Waals surface area (Å²) in [6.07, 6.45) is 2.14. The molecule has 15 heavy (non-hydrogen) atoms. The summed E-state index contributed by atoms with van der Waals surface area (Å²) in [4.78, 5) is 0. The third kappa shape index (κ3) is 2.18. The number of benzene rings is 2. The third-order valence-electron chi connectivity index (χ3n) is 2.68. The molecule has 1 heteroatoms. The summed E-state index contributed by atoms with van der Waals surface area (Å²) in [5.74, 6) is 1.10. The summed E-state index contributed by atoms with van der Waals surface area (Å²) in [5, 5.41) is 2.75. The zero-order valence-electron chi connectivity index (χ0n) is 9.50. The lowest BCUT2D eigenvalue weighted by Gasteiger charge is -2.06. The first-order chi connectivity index (χ1) is 7.20. The van der Waals surface area contributed by atoms with Crippen molar-refractivity contribution in [1.29, 1.82) is 0 Å². The van der Waals surface area contributed by atoms with Crippen LogP contribution in [-0.4, -0.2) is 6.26 Å². The van der Waals surface area contributed by atoms with E-state index in [2.05, 4.69) is 50.4 Å². The molecule has 0 aliphatic heterocycles. The van der Waals surface area contributed by atoms with Gasteiger partial charge >= 0.3 is 0 Å². The standard InChI is InChI=1S/C14H16S/c1-10-6-11(2)14-5-4-12(9-15-3)8-13(14)7-10/h4-8H,9H2,1-3H3. The van der Waals surface area contributed by atoms with Crippen molar-refractivity contribution >= 4 is 22.5 Å². The van der Waals surface area contributed by atoms with Crippen molar-refractivity contribution in [2.24, 2.45) is 0 Å². The summed E-state index contributed by atoms with van der Waals surface area (Å²) in [6.45, 7) is 4.34. The van der Waals surface area contributed by atoms with Crippen molar-refractivity contribution in [1.82, 2.24) is 0 Å². The second-order valence-corrected chi connectivity index (χ2v) is 4.94. The normalized spacial score (nSPS) is 10.9. The van der Waals surface area contributed by atoms with Gasteiger partial charge in [0.25, 0.3) is 0 Å². The molecular formula is C14H16S. The van der Waals surface area contributed by atoms with Crippen LogP contribution >= 0.6 is 11.8 Å². The van der Waals surface area contributed by atoms with Gasteiger partial charge in [-0.05, 0) is 42.0 Å². The van der Waals surface area contributed by atoms with Crippen LogP contribution in [0.3, 0.4) is 0 Å². The van der Waals surface area contributed by atoms with Crippen LogP contribution in [0.25, 0.3) is 10.8 Å². The number of fused-ring (bicyclic) bond motifs is 1. The van der Waals surface area contributed by atoms with E-state index < -0.39 is 0 Å². The SMILES string of the molecule is CSCc1ccc2c(C)cc(C)cc2c1. The van der Waals surface area contributed by atoms with Gasteiger partial charge in [0.2, 0.25) is 0 Å². The van der Waals surface area contributed by atoms with Gasteiger partial charge < -0.3 is 0 Å². The van der Waals surface area contributed by atoms with Crippen LogP contribution in [0.15, 0.2) is 30.3 Å². The van der Waals surface area contributed by atoms with Gasteiger partial charge in [0.15, 0.2) is 0 Å². The van der Waals surface area contributed by atoms with E-state index in [9.17, 15) is 0 Å². The quantitative estimate of drug-likeness (QED) is 0.720.